The van der Waals surface area contributed by atoms with Crippen LogP contribution < -0.4 is 5.32 Å². The fourth-order valence-corrected chi connectivity index (χ4v) is 2.47. The molecule has 7 nitrogen and oxygen atoms in total. The van der Waals surface area contributed by atoms with Crippen LogP contribution >= 0.6 is 11.8 Å². The normalized spacial score (nSPS) is 12.1. The zero-order chi connectivity index (χ0) is 15.1. The predicted octanol–water partition coefficient (Wildman–Crippen LogP) is 2.59. The van der Waals surface area contributed by atoms with Crippen molar-refractivity contribution in [1.29, 1.82) is 0 Å². The Hall–Kier alpha value is -1.67. The summed E-state index contributed by atoms with van der Waals surface area (Å²) in [4.78, 5) is 20.4. The Labute approximate surface area is 121 Å². The highest BCUT2D eigenvalue weighted by Gasteiger charge is 2.18. The van der Waals surface area contributed by atoms with Crippen molar-refractivity contribution < 1.29 is 9.85 Å². The van der Waals surface area contributed by atoms with Gasteiger partial charge in [0.1, 0.15) is 0 Å². The molecule has 0 saturated carbocycles. The van der Waals surface area contributed by atoms with E-state index < -0.39 is 9.85 Å². The lowest BCUT2D eigenvalue weighted by molar-refractivity contribution is -0.394. The third-order valence-electron chi connectivity index (χ3n) is 2.74. The molecule has 0 fully saturated rings. The smallest absolute Gasteiger partial charge is 0.280 e. The van der Waals surface area contributed by atoms with Gasteiger partial charge in [-0.1, -0.05) is 6.92 Å². The maximum Gasteiger partial charge on any atom is 0.280 e. The summed E-state index contributed by atoms with van der Waals surface area (Å²) in [7, 11) is 0. The van der Waals surface area contributed by atoms with E-state index in [1.807, 2.05) is 6.26 Å². The van der Waals surface area contributed by atoms with E-state index in [0.717, 1.165) is 18.4 Å². The molecule has 20 heavy (non-hydrogen) atoms. The van der Waals surface area contributed by atoms with Gasteiger partial charge in [0.15, 0.2) is 0 Å². The Morgan fingerprint density at radius 3 is 2.55 bits per heavy atom. The molecule has 0 amide bonds. The minimum Gasteiger partial charge on any atom is -0.312 e. The van der Waals surface area contributed by atoms with Crippen molar-refractivity contribution in [3.05, 3.63) is 44.0 Å². The average molecular weight is 299 g/mol. The fourth-order valence-electron chi connectivity index (χ4n) is 1.78. The number of rotatable bonds is 8. The number of nitro groups is 2. The van der Waals surface area contributed by atoms with Crippen LogP contribution in [0.1, 0.15) is 12.5 Å². The molecule has 1 aromatic carbocycles. The van der Waals surface area contributed by atoms with Gasteiger partial charge in [0, 0.05) is 18.2 Å². The van der Waals surface area contributed by atoms with Gasteiger partial charge in [-0.15, -0.1) is 0 Å². The van der Waals surface area contributed by atoms with Gasteiger partial charge >= 0.3 is 0 Å². The first kappa shape index (κ1) is 16.4. The molecule has 0 radical (unpaired) electrons. The molecule has 1 rings (SSSR count). The molecule has 0 aromatic heterocycles. The molecule has 1 aromatic rings. The average Bonchev–Trinajstić information content (AvgIpc) is 2.38. The van der Waals surface area contributed by atoms with Crippen molar-refractivity contribution in [2.45, 2.75) is 13.5 Å². The first-order valence-corrected chi connectivity index (χ1v) is 7.46. The third kappa shape index (κ3) is 4.78. The highest BCUT2D eigenvalue weighted by atomic mass is 32.2. The van der Waals surface area contributed by atoms with Crippen molar-refractivity contribution in [3.63, 3.8) is 0 Å². The standard InChI is InChI=1S/C12H17N3O4S/c1-9(8-20-2)6-13-7-10-3-4-11(14(16)17)5-12(10)15(18)19/h3-5,9,13H,6-8H2,1-2H3. The summed E-state index contributed by atoms with van der Waals surface area (Å²) in [6.45, 7) is 3.16. The topological polar surface area (TPSA) is 98.3 Å². The molecule has 1 N–H and O–H groups in total. The van der Waals surface area contributed by atoms with E-state index in [2.05, 4.69) is 12.2 Å². The summed E-state index contributed by atoms with van der Waals surface area (Å²) in [5.41, 5.74) is -0.0302. The number of hydrogen-bond acceptors (Lipinski definition) is 6. The van der Waals surface area contributed by atoms with E-state index in [1.54, 1.807) is 11.8 Å². The number of nitro benzene ring substituents is 2. The van der Waals surface area contributed by atoms with Gasteiger partial charge in [-0.2, -0.15) is 11.8 Å². The molecule has 0 aliphatic heterocycles. The summed E-state index contributed by atoms with van der Waals surface area (Å²) in [5.74, 6) is 1.47. The zero-order valence-corrected chi connectivity index (χ0v) is 12.2. The summed E-state index contributed by atoms with van der Waals surface area (Å²) in [6.07, 6.45) is 2.03. The van der Waals surface area contributed by atoms with E-state index in [1.165, 1.54) is 12.1 Å². The Bertz CT molecular complexity index is 496. The van der Waals surface area contributed by atoms with Crippen molar-refractivity contribution in [3.8, 4) is 0 Å². The largest absolute Gasteiger partial charge is 0.312 e. The molecule has 0 spiro atoms. The van der Waals surface area contributed by atoms with Crippen LogP contribution in [0.25, 0.3) is 0 Å². The van der Waals surface area contributed by atoms with E-state index in [9.17, 15) is 20.2 Å². The predicted molar refractivity (Wildman–Crippen MR) is 79.0 cm³/mol. The van der Waals surface area contributed by atoms with Gasteiger partial charge in [0.05, 0.1) is 15.9 Å². The highest BCUT2D eigenvalue weighted by Crippen LogP contribution is 2.24. The lowest BCUT2D eigenvalue weighted by atomic mass is 10.1. The quantitative estimate of drug-likeness (QED) is 0.585. The Balaban J connectivity index is 2.74. The van der Waals surface area contributed by atoms with Crippen molar-refractivity contribution in [2.24, 2.45) is 5.92 Å². The van der Waals surface area contributed by atoms with Crippen molar-refractivity contribution in [1.82, 2.24) is 5.32 Å². The van der Waals surface area contributed by atoms with Gasteiger partial charge in [0.25, 0.3) is 11.4 Å². The molecule has 8 heteroatoms. The minimum absolute atomic E-state index is 0.218. The number of nitrogens with zero attached hydrogens (tertiary/aromatic N) is 2. The first-order valence-electron chi connectivity index (χ1n) is 6.07. The number of hydrogen-bond donors (Lipinski definition) is 1. The summed E-state index contributed by atoms with van der Waals surface area (Å²) < 4.78 is 0. The first-order chi connectivity index (χ1) is 9.45. The van der Waals surface area contributed by atoms with E-state index in [0.29, 0.717) is 18.0 Å². The molecule has 0 aliphatic rings. The number of thioether (sulfide) groups is 1. The van der Waals surface area contributed by atoms with E-state index in [4.69, 9.17) is 0 Å². The number of non-ortho nitro benzene ring substituents is 1. The van der Waals surface area contributed by atoms with E-state index >= 15 is 0 Å². The molecule has 1 unspecified atom stereocenters. The number of nitrogens with one attached hydrogen (secondary N) is 1. The summed E-state index contributed by atoms with van der Waals surface area (Å²) in [5, 5.41) is 24.7. The van der Waals surface area contributed by atoms with Crippen molar-refractivity contribution in [2.75, 3.05) is 18.6 Å². The summed E-state index contributed by atoms with van der Waals surface area (Å²) >= 11 is 1.75. The van der Waals surface area contributed by atoms with Gasteiger partial charge in [0.2, 0.25) is 0 Å². The van der Waals surface area contributed by atoms with Crippen LogP contribution in [0.3, 0.4) is 0 Å². The monoisotopic (exact) mass is 299 g/mol. The molecule has 0 saturated heterocycles. The van der Waals surface area contributed by atoms with Gasteiger partial charge in [-0.05, 0) is 30.5 Å². The Kier molecular flexibility index (Phi) is 6.40. The van der Waals surface area contributed by atoms with Crippen LogP contribution in [0.2, 0.25) is 0 Å². The second kappa shape index (κ2) is 7.81. The molecule has 0 aliphatic carbocycles. The fraction of sp³-hybridized carbons (Fsp3) is 0.500. The van der Waals surface area contributed by atoms with E-state index in [-0.39, 0.29) is 11.4 Å². The molecule has 1 atom stereocenters. The second-order valence-electron chi connectivity index (χ2n) is 4.52. The lowest BCUT2D eigenvalue weighted by Crippen LogP contribution is -2.22. The third-order valence-corrected chi connectivity index (χ3v) is 3.64. The zero-order valence-electron chi connectivity index (χ0n) is 11.4. The minimum atomic E-state index is -0.634. The van der Waals surface area contributed by atoms with Gasteiger partial charge in [-0.3, -0.25) is 20.2 Å². The van der Waals surface area contributed by atoms with Crippen LogP contribution in [0.4, 0.5) is 11.4 Å². The molecular formula is C12H17N3O4S. The Morgan fingerprint density at radius 1 is 1.30 bits per heavy atom. The van der Waals surface area contributed by atoms with Crippen LogP contribution in [-0.2, 0) is 6.54 Å². The molecule has 110 valence electrons. The van der Waals surface area contributed by atoms with Crippen LogP contribution in [-0.4, -0.2) is 28.4 Å². The molecule has 0 heterocycles. The molecular weight excluding hydrogens is 282 g/mol. The van der Waals surface area contributed by atoms with Crippen molar-refractivity contribution >= 4 is 23.1 Å². The van der Waals surface area contributed by atoms with Gasteiger partial charge < -0.3 is 5.32 Å². The van der Waals surface area contributed by atoms with Crippen LogP contribution in [0.5, 0.6) is 0 Å². The second-order valence-corrected chi connectivity index (χ2v) is 5.43. The van der Waals surface area contributed by atoms with Gasteiger partial charge in [-0.25, -0.2) is 0 Å². The molecule has 0 bridgehead atoms. The SMILES string of the molecule is CSCC(C)CNCc1ccc([N+](=O)[O-])cc1[N+](=O)[O-]. The highest BCUT2D eigenvalue weighted by molar-refractivity contribution is 7.98. The Morgan fingerprint density at radius 2 is 2.00 bits per heavy atom. The maximum absolute atomic E-state index is 10.9. The maximum atomic E-state index is 10.9. The lowest BCUT2D eigenvalue weighted by Gasteiger charge is -2.11. The summed E-state index contributed by atoms with van der Waals surface area (Å²) in [6, 6.07) is 3.72. The number of benzene rings is 1. The van der Waals surface area contributed by atoms with Crippen LogP contribution in [0.15, 0.2) is 18.2 Å². The van der Waals surface area contributed by atoms with Crippen LogP contribution in [0, 0.1) is 26.1 Å².